The van der Waals surface area contributed by atoms with Gasteiger partial charge in [-0.3, -0.25) is 9.97 Å². The minimum absolute atomic E-state index is 0.535. The van der Waals surface area contributed by atoms with E-state index in [-0.39, 0.29) is 0 Å². The van der Waals surface area contributed by atoms with E-state index in [1.165, 1.54) is 32.3 Å². The Morgan fingerprint density at radius 1 is 0.435 bits per heavy atom. The Morgan fingerprint density at radius 3 is 1.37 bits per heavy atom. The number of benzene rings is 6. The van der Waals surface area contributed by atoms with Gasteiger partial charge >= 0.3 is 0 Å². The molecule has 0 saturated heterocycles. The summed E-state index contributed by atoms with van der Waals surface area (Å²) in [5.41, 5.74) is 9.54. The van der Waals surface area contributed by atoms with Gasteiger partial charge in [0.25, 0.3) is 0 Å². The lowest BCUT2D eigenvalue weighted by Gasteiger charge is -2.14. The van der Waals surface area contributed by atoms with E-state index in [4.69, 9.17) is 6.57 Å². The number of aromatic nitrogens is 2. The van der Waals surface area contributed by atoms with Gasteiger partial charge in [0.15, 0.2) is 0 Å². The van der Waals surface area contributed by atoms with Gasteiger partial charge in [-0.25, -0.2) is 4.85 Å². The highest BCUT2D eigenvalue weighted by Gasteiger charge is 2.12. The van der Waals surface area contributed by atoms with Crippen LogP contribution in [0.2, 0.25) is 0 Å². The zero-order valence-corrected chi connectivity index (χ0v) is 24.6. The van der Waals surface area contributed by atoms with Gasteiger partial charge in [-0.2, -0.15) is 5.26 Å². The van der Waals surface area contributed by atoms with Crippen LogP contribution in [0, 0.1) is 17.9 Å². The molecule has 0 atom stereocenters. The predicted octanol–water partition coefficient (Wildman–Crippen LogP) is 11.0. The lowest BCUT2D eigenvalue weighted by Crippen LogP contribution is -1.87. The summed E-state index contributed by atoms with van der Waals surface area (Å²) < 4.78 is 0. The molecule has 0 radical (unpaired) electrons. The van der Waals surface area contributed by atoms with Crippen LogP contribution in [-0.4, -0.2) is 9.97 Å². The van der Waals surface area contributed by atoms with Crippen LogP contribution < -0.4 is 0 Å². The average Bonchev–Trinajstić information content (AvgIpc) is 3.14. The second-order valence-electron chi connectivity index (χ2n) is 11.3. The fraction of sp³-hybridized carbons (Fsp3) is 0. The van der Waals surface area contributed by atoms with Gasteiger partial charge in [0.2, 0.25) is 5.69 Å². The van der Waals surface area contributed by atoms with Crippen molar-refractivity contribution in [1.29, 1.82) is 5.26 Å². The fourth-order valence-corrected chi connectivity index (χ4v) is 6.33. The first-order chi connectivity index (χ1) is 22.7. The van der Waals surface area contributed by atoms with Crippen molar-refractivity contribution >= 4 is 38.0 Å². The zero-order valence-electron chi connectivity index (χ0n) is 24.6. The van der Waals surface area contributed by atoms with Gasteiger partial charge in [0.1, 0.15) is 6.07 Å². The second kappa shape index (κ2) is 11.1. The van der Waals surface area contributed by atoms with Crippen molar-refractivity contribution in [3.8, 4) is 50.6 Å². The summed E-state index contributed by atoms with van der Waals surface area (Å²) >= 11 is 0. The molecule has 46 heavy (non-hydrogen) atoms. The first-order valence-electron chi connectivity index (χ1n) is 15.0. The molecule has 0 unspecified atom stereocenters. The number of hydrogen-bond donors (Lipinski definition) is 0. The molecule has 0 fully saturated rings. The van der Waals surface area contributed by atoms with E-state index < -0.39 is 0 Å². The van der Waals surface area contributed by atoms with Crippen molar-refractivity contribution in [3.63, 3.8) is 0 Å². The normalized spacial score (nSPS) is 11.0. The molecule has 8 aromatic rings. The summed E-state index contributed by atoms with van der Waals surface area (Å²) in [5, 5.41) is 16.6. The molecule has 4 nitrogen and oxygen atoms in total. The molecule has 2 heterocycles. The number of pyridine rings is 2. The third kappa shape index (κ3) is 4.72. The lowest BCUT2D eigenvalue weighted by atomic mass is 9.90. The van der Waals surface area contributed by atoms with Gasteiger partial charge in [0, 0.05) is 30.4 Å². The fourth-order valence-electron chi connectivity index (χ4n) is 6.33. The van der Waals surface area contributed by atoms with Gasteiger partial charge in [0.05, 0.1) is 12.1 Å². The quantitative estimate of drug-likeness (QED) is 0.153. The number of hydrogen-bond acceptors (Lipinski definition) is 3. The van der Waals surface area contributed by atoms with E-state index in [2.05, 4.69) is 130 Å². The molecule has 0 spiro atoms. The minimum Gasteiger partial charge on any atom is -0.276 e. The SMILES string of the molecule is [C-]#[N+]c1cncc(-c2ccc(-c3ccc4c5ccccc5c5ccc(-c6ccc(-c7cncc(C#N)c7)cc6)cc5c4c3)cc2)c1. The summed E-state index contributed by atoms with van der Waals surface area (Å²) in [5.74, 6) is 0. The topological polar surface area (TPSA) is 53.9 Å². The highest BCUT2D eigenvalue weighted by molar-refractivity contribution is 6.26. The van der Waals surface area contributed by atoms with Crippen LogP contribution in [0.25, 0.3) is 81.7 Å². The summed E-state index contributed by atoms with van der Waals surface area (Å²) in [6.45, 7) is 7.31. The molecule has 0 saturated carbocycles. The molecule has 0 aliphatic rings. The van der Waals surface area contributed by atoms with Crippen LogP contribution in [0.5, 0.6) is 0 Å². The van der Waals surface area contributed by atoms with E-state index in [1.54, 1.807) is 24.8 Å². The van der Waals surface area contributed by atoms with E-state index >= 15 is 0 Å². The minimum atomic E-state index is 0.535. The van der Waals surface area contributed by atoms with E-state index in [0.717, 1.165) is 44.5 Å². The number of fused-ring (bicyclic) bond motifs is 6. The predicted molar refractivity (Wildman–Crippen MR) is 187 cm³/mol. The van der Waals surface area contributed by atoms with Gasteiger partial charge in [-0.15, -0.1) is 0 Å². The molecule has 8 rings (SSSR count). The van der Waals surface area contributed by atoms with Crippen molar-refractivity contribution in [1.82, 2.24) is 9.97 Å². The molecule has 0 aliphatic carbocycles. The smallest absolute Gasteiger partial charge is 0.205 e. The zero-order chi connectivity index (χ0) is 31.0. The Labute approximate surface area is 266 Å². The van der Waals surface area contributed by atoms with Crippen molar-refractivity contribution in [2.24, 2.45) is 0 Å². The Morgan fingerprint density at radius 2 is 0.870 bits per heavy atom. The van der Waals surface area contributed by atoms with Crippen molar-refractivity contribution in [3.05, 3.63) is 163 Å². The third-order valence-corrected chi connectivity index (χ3v) is 8.66. The van der Waals surface area contributed by atoms with E-state index in [9.17, 15) is 5.26 Å². The van der Waals surface area contributed by atoms with Crippen LogP contribution in [0.4, 0.5) is 5.69 Å². The summed E-state index contributed by atoms with van der Waals surface area (Å²) in [4.78, 5) is 12.0. The van der Waals surface area contributed by atoms with E-state index in [0.29, 0.717) is 11.3 Å². The van der Waals surface area contributed by atoms with Crippen LogP contribution in [0.15, 0.2) is 146 Å². The Balaban J connectivity index is 1.24. The number of rotatable bonds is 4. The van der Waals surface area contributed by atoms with Crippen LogP contribution in [0.3, 0.4) is 0 Å². The molecular weight excluding hydrogens is 560 g/mol. The third-order valence-electron chi connectivity index (χ3n) is 8.66. The van der Waals surface area contributed by atoms with E-state index in [1.807, 2.05) is 12.1 Å². The highest BCUT2D eigenvalue weighted by Crippen LogP contribution is 2.39. The summed E-state index contributed by atoms with van der Waals surface area (Å²) in [6, 6.07) is 45.0. The maximum Gasteiger partial charge on any atom is 0.205 e. The Kier molecular flexibility index (Phi) is 6.53. The molecule has 212 valence electrons. The van der Waals surface area contributed by atoms with Crippen LogP contribution >= 0.6 is 0 Å². The second-order valence-corrected chi connectivity index (χ2v) is 11.3. The monoisotopic (exact) mass is 584 g/mol. The molecule has 6 aromatic carbocycles. The summed E-state index contributed by atoms with van der Waals surface area (Å²) in [6.07, 6.45) is 6.75. The van der Waals surface area contributed by atoms with Gasteiger partial charge < -0.3 is 0 Å². The first kappa shape index (κ1) is 27.0. The van der Waals surface area contributed by atoms with Crippen molar-refractivity contribution in [2.45, 2.75) is 0 Å². The number of nitrogens with zero attached hydrogens (tertiary/aromatic N) is 4. The van der Waals surface area contributed by atoms with Gasteiger partial charge in [-0.1, -0.05) is 97.1 Å². The molecule has 0 bridgehead atoms. The summed E-state index contributed by atoms with van der Waals surface area (Å²) in [7, 11) is 0. The molecule has 2 aromatic heterocycles. The molecule has 0 aliphatic heterocycles. The Bertz CT molecular complexity index is 2350. The lowest BCUT2D eigenvalue weighted by molar-refractivity contribution is 1.30. The maximum atomic E-state index is 9.28. The Hall–Kier alpha value is -6.62. The maximum absolute atomic E-state index is 9.28. The van der Waals surface area contributed by atoms with Crippen LogP contribution in [-0.2, 0) is 0 Å². The average molecular weight is 585 g/mol. The molecule has 0 N–H and O–H groups in total. The van der Waals surface area contributed by atoms with Crippen LogP contribution in [0.1, 0.15) is 5.56 Å². The molecule has 4 heteroatoms. The highest BCUT2D eigenvalue weighted by atomic mass is 14.7. The first-order valence-corrected chi connectivity index (χ1v) is 15.0. The largest absolute Gasteiger partial charge is 0.276 e. The van der Waals surface area contributed by atoms with Gasteiger partial charge in [-0.05, 0) is 95.5 Å². The molecular formula is C42H24N4. The van der Waals surface area contributed by atoms with Crippen molar-refractivity contribution in [2.75, 3.05) is 0 Å². The van der Waals surface area contributed by atoms with Crippen molar-refractivity contribution < 1.29 is 0 Å². The standard InChI is InChI=1S/C42H24N4/c1-44-36-19-35(25-46-26-36)31-12-8-29(9-13-31)33-15-17-40-38-5-3-2-4-37(38)39-16-14-32(20-41(39)42(40)21-33)28-6-10-30(11-7-28)34-18-27(22-43)23-45-24-34/h2-21,23-26H. The number of nitriles is 1. The molecule has 0 amide bonds.